The lowest BCUT2D eigenvalue weighted by atomic mass is 10.0. The lowest BCUT2D eigenvalue weighted by Crippen LogP contribution is -2.42. The van der Waals surface area contributed by atoms with Crippen LogP contribution in [-0.2, 0) is 11.3 Å². The molecule has 1 atom stereocenters. The highest BCUT2D eigenvalue weighted by molar-refractivity contribution is 6.01. The number of carboxylic acids is 1. The average Bonchev–Trinajstić information content (AvgIpc) is 2.76. The standard InChI is InChI=1S/C24H22N2O4/c1-16-10-12-17(13-11-16)14-26-23(25-20-8-4-2-6-18(20)24(26)29)19-7-3-5-9-21(19)30-15-22(27)28/h2-13,23,25H,14-15H2,1H3,(H,27,28)/t23-/m0/s1. The predicted octanol–water partition coefficient (Wildman–Crippen LogP) is 4.23. The Morgan fingerprint density at radius 1 is 1.03 bits per heavy atom. The first-order chi connectivity index (χ1) is 14.5. The van der Waals surface area contributed by atoms with E-state index in [-0.39, 0.29) is 5.91 Å². The van der Waals surface area contributed by atoms with Gasteiger partial charge in [0, 0.05) is 17.8 Å². The van der Waals surface area contributed by atoms with Crippen molar-refractivity contribution in [3.8, 4) is 5.75 Å². The minimum Gasteiger partial charge on any atom is -0.481 e. The molecule has 30 heavy (non-hydrogen) atoms. The number of nitrogens with zero attached hydrogens (tertiary/aromatic N) is 1. The molecule has 1 aliphatic rings. The number of anilines is 1. The first-order valence-corrected chi connectivity index (χ1v) is 9.68. The molecule has 4 rings (SSSR count). The summed E-state index contributed by atoms with van der Waals surface area (Å²) in [6, 6.07) is 22.6. The van der Waals surface area contributed by atoms with Crippen LogP contribution in [0, 0.1) is 6.92 Å². The smallest absolute Gasteiger partial charge is 0.341 e. The molecule has 0 fully saturated rings. The van der Waals surface area contributed by atoms with Crippen molar-refractivity contribution in [1.29, 1.82) is 0 Å². The molecule has 0 spiro atoms. The first kappa shape index (κ1) is 19.5. The molecule has 0 saturated carbocycles. The number of para-hydroxylation sites is 2. The summed E-state index contributed by atoms with van der Waals surface area (Å²) in [5.41, 5.74) is 4.19. The Morgan fingerprint density at radius 3 is 2.50 bits per heavy atom. The van der Waals surface area contributed by atoms with Crippen LogP contribution in [0.1, 0.15) is 33.2 Å². The van der Waals surface area contributed by atoms with Crippen molar-refractivity contribution in [3.63, 3.8) is 0 Å². The van der Waals surface area contributed by atoms with Gasteiger partial charge in [-0.15, -0.1) is 0 Å². The number of benzene rings is 3. The second kappa shape index (κ2) is 8.29. The van der Waals surface area contributed by atoms with Gasteiger partial charge in [0.15, 0.2) is 6.61 Å². The summed E-state index contributed by atoms with van der Waals surface area (Å²) in [6.45, 7) is 1.97. The molecule has 1 amide bonds. The molecule has 0 unspecified atom stereocenters. The topological polar surface area (TPSA) is 78.9 Å². The van der Waals surface area contributed by atoms with E-state index in [2.05, 4.69) is 5.32 Å². The summed E-state index contributed by atoms with van der Waals surface area (Å²) in [4.78, 5) is 26.1. The summed E-state index contributed by atoms with van der Waals surface area (Å²) >= 11 is 0. The van der Waals surface area contributed by atoms with Gasteiger partial charge in [-0.25, -0.2) is 4.79 Å². The maximum atomic E-state index is 13.4. The Labute approximate surface area is 174 Å². The lowest BCUT2D eigenvalue weighted by Gasteiger charge is -2.38. The zero-order chi connectivity index (χ0) is 21.1. The van der Waals surface area contributed by atoms with Gasteiger partial charge in [0.25, 0.3) is 5.91 Å². The van der Waals surface area contributed by atoms with Crippen molar-refractivity contribution in [2.24, 2.45) is 0 Å². The second-order valence-electron chi connectivity index (χ2n) is 7.23. The highest BCUT2D eigenvalue weighted by atomic mass is 16.5. The average molecular weight is 402 g/mol. The molecule has 0 aromatic heterocycles. The minimum absolute atomic E-state index is 0.0945. The van der Waals surface area contributed by atoms with Gasteiger partial charge in [-0.2, -0.15) is 0 Å². The number of amides is 1. The molecule has 152 valence electrons. The van der Waals surface area contributed by atoms with Crippen molar-refractivity contribution in [3.05, 3.63) is 95.1 Å². The normalized spacial score (nSPS) is 15.3. The predicted molar refractivity (Wildman–Crippen MR) is 113 cm³/mol. The van der Waals surface area contributed by atoms with Crippen LogP contribution >= 0.6 is 0 Å². The number of hydrogen-bond donors (Lipinski definition) is 2. The van der Waals surface area contributed by atoms with Crippen LogP contribution in [-0.4, -0.2) is 28.5 Å². The zero-order valence-corrected chi connectivity index (χ0v) is 16.5. The molecule has 3 aromatic rings. The van der Waals surface area contributed by atoms with Crippen LogP contribution in [0.4, 0.5) is 5.69 Å². The third-order valence-electron chi connectivity index (χ3n) is 5.06. The van der Waals surface area contributed by atoms with Crippen molar-refractivity contribution < 1.29 is 19.4 Å². The van der Waals surface area contributed by atoms with Gasteiger partial charge >= 0.3 is 5.97 Å². The van der Waals surface area contributed by atoms with E-state index in [4.69, 9.17) is 9.84 Å². The fourth-order valence-corrected chi connectivity index (χ4v) is 3.57. The monoisotopic (exact) mass is 402 g/mol. The van der Waals surface area contributed by atoms with Crippen LogP contribution in [0.5, 0.6) is 5.75 Å². The maximum Gasteiger partial charge on any atom is 0.341 e. The van der Waals surface area contributed by atoms with E-state index in [1.54, 1.807) is 23.1 Å². The molecule has 0 saturated heterocycles. The van der Waals surface area contributed by atoms with Gasteiger partial charge < -0.3 is 20.1 Å². The number of ether oxygens (including phenoxy) is 1. The van der Waals surface area contributed by atoms with Crippen LogP contribution < -0.4 is 10.1 Å². The molecule has 6 heteroatoms. The van der Waals surface area contributed by atoms with Gasteiger partial charge in [-0.05, 0) is 30.7 Å². The highest BCUT2D eigenvalue weighted by Gasteiger charge is 2.34. The molecule has 1 heterocycles. The number of carboxylic acid groups (broad SMARTS) is 1. The van der Waals surface area contributed by atoms with Gasteiger partial charge in [0.1, 0.15) is 11.9 Å². The molecule has 0 radical (unpaired) electrons. The number of aryl methyl sites for hydroxylation is 1. The number of carbonyl (C=O) groups excluding carboxylic acids is 1. The van der Waals surface area contributed by atoms with Gasteiger partial charge in [0.05, 0.1) is 5.56 Å². The quantitative estimate of drug-likeness (QED) is 0.645. The Balaban J connectivity index is 1.74. The molecule has 1 aliphatic heterocycles. The summed E-state index contributed by atoms with van der Waals surface area (Å²) < 4.78 is 5.51. The van der Waals surface area contributed by atoms with Crippen LogP contribution in [0.3, 0.4) is 0 Å². The number of fused-ring (bicyclic) bond motifs is 1. The first-order valence-electron chi connectivity index (χ1n) is 9.68. The fraction of sp³-hybridized carbons (Fsp3) is 0.167. The SMILES string of the molecule is Cc1ccc(CN2C(=O)c3ccccc3N[C@@H]2c2ccccc2OCC(=O)O)cc1. The minimum atomic E-state index is -1.06. The Kier molecular flexibility index (Phi) is 5.39. The van der Waals surface area contributed by atoms with Gasteiger partial charge in [-0.3, -0.25) is 4.79 Å². The van der Waals surface area contributed by atoms with E-state index in [1.807, 2.05) is 61.5 Å². The third-order valence-corrected chi connectivity index (χ3v) is 5.06. The zero-order valence-electron chi connectivity index (χ0n) is 16.5. The van der Waals surface area contributed by atoms with E-state index >= 15 is 0 Å². The summed E-state index contributed by atoms with van der Waals surface area (Å²) in [5, 5.41) is 12.4. The largest absolute Gasteiger partial charge is 0.481 e. The number of hydrogen-bond acceptors (Lipinski definition) is 4. The van der Waals surface area contributed by atoms with Gasteiger partial charge in [0.2, 0.25) is 0 Å². The van der Waals surface area contributed by atoms with Crippen LogP contribution in [0.15, 0.2) is 72.8 Å². The fourth-order valence-electron chi connectivity index (χ4n) is 3.57. The number of carbonyl (C=O) groups is 2. The molecular formula is C24H22N2O4. The molecule has 0 bridgehead atoms. The molecular weight excluding hydrogens is 380 g/mol. The summed E-state index contributed by atoms with van der Waals surface area (Å²) in [5.74, 6) is -0.721. The second-order valence-corrected chi connectivity index (χ2v) is 7.23. The van der Waals surface area contributed by atoms with E-state index in [9.17, 15) is 9.59 Å². The number of nitrogens with one attached hydrogen (secondary N) is 1. The van der Waals surface area contributed by atoms with Crippen molar-refractivity contribution in [2.45, 2.75) is 19.6 Å². The molecule has 0 aliphatic carbocycles. The Morgan fingerprint density at radius 2 is 1.73 bits per heavy atom. The van der Waals surface area contributed by atoms with E-state index in [1.165, 1.54) is 0 Å². The van der Waals surface area contributed by atoms with E-state index < -0.39 is 18.7 Å². The molecule has 2 N–H and O–H groups in total. The van der Waals surface area contributed by atoms with Gasteiger partial charge in [-0.1, -0.05) is 60.2 Å². The molecule has 3 aromatic carbocycles. The highest BCUT2D eigenvalue weighted by Crippen LogP contribution is 2.37. The maximum absolute atomic E-state index is 13.4. The molecule has 6 nitrogen and oxygen atoms in total. The summed E-state index contributed by atoms with van der Waals surface area (Å²) in [7, 11) is 0. The van der Waals surface area contributed by atoms with Crippen LogP contribution in [0.25, 0.3) is 0 Å². The Bertz CT molecular complexity index is 1080. The van der Waals surface area contributed by atoms with Crippen molar-refractivity contribution in [2.75, 3.05) is 11.9 Å². The Hall–Kier alpha value is -3.80. The van der Waals surface area contributed by atoms with Crippen molar-refractivity contribution in [1.82, 2.24) is 4.90 Å². The van der Waals surface area contributed by atoms with E-state index in [0.717, 1.165) is 16.8 Å². The summed E-state index contributed by atoms with van der Waals surface area (Å²) in [6.07, 6.45) is -0.501. The number of aliphatic carboxylic acids is 1. The number of rotatable bonds is 6. The van der Waals surface area contributed by atoms with Crippen molar-refractivity contribution >= 4 is 17.6 Å². The lowest BCUT2D eigenvalue weighted by molar-refractivity contribution is -0.139. The van der Waals surface area contributed by atoms with Crippen LogP contribution in [0.2, 0.25) is 0 Å². The van der Waals surface area contributed by atoms with E-state index in [0.29, 0.717) is 23.4 Å². The third kappa shape index (κ3) is 3.98.